The topological polar surface area (TPSA) is 66.4 Å². The second-order valence-corrected chi connectivity index (χ2v) is 4.30. The van der Waals surface area contributed by atoms with E-state index in [4.69, 9.17) is 5.11 Å². The number of halogens is 1. The number of Topliss-reactive ketones (excluding diaryl/α,β-unsaturated/α-hetero) is 1. The number of benzene rings is 2. The number of carbonyl (C=O) groups is 2. The van der Waals surface area contributed by atoms with Crippen molar-refractivity contribution in [2.24, 2.45) is 0 Å². The first kappa shape index (κ1) is 13.7. The van der Waals surface area contributed by atoms with E-state index in [1.807, 2.05) is 0 Å². The van der Waals surface area contributed by atoms with Crippen molar-refractivity contribution in [3.8, 4) is 0 Å². The molecular weight excluding hydrogens is 261 g/mol. The maximum Gasteiger partial charge on any atom is 0.335 e. The Balaban J connectivity index is 2.32. The van der Waals surface area contributed by atoms with E-state index in [1.54, 1.807) is 24.3 Å². The summed E-state index contributed by atoms with van der Waals surface area (Å²) in [7, 11) is 0. The van der Waals surface area contributed by atoms with Gasteiger partial charge in [0.15, 0.2) is 5.78 Å². The predicted octanol–water partition coefficient (Wildman–Crippen LogP) is 3.47. The number of rotatable bonds is 4. The lowest BCUT2D eigenvalue weighted by Crippen LogP contribution is -2.00. The molecular formula is C15H12FNO3. The molecule has 5 heteroatoms. The Kier molecular flexibility index (Phi) is 3.79. The van der Waals surface area contributed by atoms with Crippen LogP contribution in [0.5, 0.6) is 0 Å². The van der Waals surface area contributed by atoms with Crippen molar-refractivity contribution in [2.45, 2.75) is 6.92 Å². The fourth-order valence-corrected chi connectivity index (χ4v) is 1.77. The molecule has 0 saturated heterocycles. The summed E-state index contributed by atoms with van der Waals surface area (Å²) >= 11 is 0. The van der Waals surface area contributed by atoms with Crippen molar-refractivity contribution < 1.29 is 19.1 Å². The van der Waals surface area contributed by atoms with Crippen LogP contribution in [0.4, 0.5) is 15.8 Å². The highest BCUT2D eigenvalue weighted by Crippen LogP contribution is 2.20. The van der Waals surface area contributed by atoms with E-state index < -0.39 is 11.8 Å². The van der Waals surface area contributed by atoms with Crippen LogP contribution in [-0.2, 0) is 0 Å². The van der Waals surface area contributed by atoms with Crippen molar-refractivity contribution in [3.05, 3.63) is 59.4 Å². The molecule has 0 bridgehead atoms. The zero-order valence-corrected chi connectivity index (χ0v) is 10.7. The monoisotopic (exact) mass is 273 g/mol. The standard InChI is InChI=1S/C15H12FNO3/c1-9(18)10-3-2-4-13(6-10)17-14-7-11(15(19)20)5-12(16)8-14/h2-8,17H,1H3,(H,19,20). The first-order chi connectivity index (χ1) is 9.45. The van der Waals surface area contributed by atoms with Gasteiger partial charge in [-0.1, -0.05) is 12.1 Å². The Labute approximate surface area is 114 Å². The van der Waals surface area contributed by atoms with Crippen LogP contribution in [-0.4, -0.2) is 16.9 Å². The quantitative estimate of drug-likeness (QED) is 0.837. The SMILES string of the molecule is CC(=O)c1cccc(Nc2cc(F)cc(C(=O)O)c2)c1. The maximum atomic E-state index is 13.3. The van der Waals surface area contributed by atoms with Gasteiger partial charge >= 0.3 is 5.97 Å². The van der Waals surface area contributed by atoms with E-state index >= 15 is 0 Å². The minimum absolute atomic E-state index is 0.0842. The molecule has 0 atom stereocenters. The summed E-state index contributed by atoms with van der Waals surface area (Å²) in [5.74, 6) is -1.93. The summed E-state index contributed by atoms with van der Waals surface area (Å²) < 4.78 is 13.3. The molecule has 102 valence electrons. The van der Waals surface area contributed by atoms with Crippen LogP contribution >= 0.6 is 0 Å². The molecule has 0 spiro atoms. The zero-order valence-electron chi connectivity index (χ0n) is 10.7. The van der Waals surface area contributed by atoms with Gasteiger partial charge in [-0.2, -0.15) is 0 Å². The third-order valence-electron chi connectivity index (χ3n) is 2.70. The van der Waals surface area contributed by atoms with Crippen molar-refractivity contribution in [1.82, 2.24) is 0 Å². The molecule has 4 nitrogen and oxygen atoms in total. The Morgan fingerprint density at radius 2 is 1.75 bits per heavy atom. The average molecular weight is 273 g/mol. The zero-order chi connectivity index (χ0) is 14.7. The molecule has 0 saturated carbocycles. The van der Waals surface area contributed by atoms with E-state index in [9.17, 15) is 14.0 Å². The lowest BCUT2D eigenvalue weighted by molar-refractivity contribution is 0.0696. The molecule has 20 heavy (non-hydrogen) atoms. The van der Waals surface area contributed by atoms with Gasteiger partial charge in [-0.3, -0.25) is 4.79 Å². The van der Waals surface area contributed by atoms with Crippen LogP contribution in [0.15, 0.2) is 42.5 Å². The molecule has 0 aliphatic heterocycles. The number of carboxylic acid groups (broad SMARTS) is 1. The summed E-state index contributed by atoms with van der Waals surface area (Å²) in [4.78, 5) is 22.1. The van der Waals surface area contributed by atoms with Crippen LogP contribution in [0, 0.1) is 5.82 Å². The number of anilines is 2. The van der Waals surface area contributed by atoms with Gasteiger partial charge in [0, 0.05) is 16.9 Å². The third-order valence-corrected chi connectivity index (χ3v) is 2.70. The highest BCUT2D eigenvalue weighted by atomic mass is 19.1. The van der Waals surface area contributed by atoms with Gasteiger partial charge in [0.05, 0.1) is 5.56 Å². The number of aromatic carboxylic acids is 1. The molecule has 0 aliphatic carbocycles. The molecule has 0 amide bonds. The highest BCUT2D eigenvalue weighted by molar-refractivity contribution is 5.95. The number of carboxylic acids is 1. The molecule has 0 heterocycles. The molecule has 0 fully saturated rings. The smallest absolute Gasteiger partial charge is 0.335 e. The van der Waals surface area contributed by atoms with Gasteiger partial charge in [0.1, 0.15) is 5.82 Å². The number of hydrogen-bond donors (Lipinski definition) is 2. The molecule has 2 rings (SSSR count). The van der Waals surface area contributed by atoms with Crippen molar-refractivity contribution in [2.75, 3.05) is 5.32 Å². The third kappa shape index (κ3) is 3.20. The summed E-state index contributed by atoms with van der Waals surface area (Å²) in [6, 6.07) is 10.1. The van der Waals surface area contributed by atoms with Crippen LogP contribution in [0.3, 0.4) is 0 Å². The van der Waals surface area contributed by atoms with Gasteiger partial charge in [-0.25, -0.2) is 9.18 Å². The largest absolute Gasteiger partial charge is 0.478 e. The Morgan fingerprint density at radius 3 is 2.40 bits per heavy atom. The van der Waals surface area contributed by atoms with Gasteiger partial charge in [-0.15, -0.1) is 0 Å². The molecule has 2 aromatic rings. The van der Waals surface area contributed by atoms with Crippen LogP contribution in [0.1, 0.15) is 27.6 Å². The van der Waals surface area contributed by atoms with Crippen molar-refractivity contribution in [3.63, 3.8) is 0 Å². The normalized spacial score (nSPS) is 10.1. The molecule has 0 aromatic heterocycles. The number of ketones is 1. The summed E-state index contributed by atoms with van der Waals surface area (Å²) in [6.45, 7) is 1.45. The summed E-state index contributed by atoms with van der Waals surface area (Å²) in [6.07, 6.45) is 0. The Hall–Kier alpha value is -2.69. The predicted molar refractivity (Wildman–Crippen MR) is 73.1 cm³/mol. The van der Waals surface area contributed by atoms with E-state index in [-0.39, 0.29) is 11.3 Å². The van der Waals surface area contributed by atoms with E-state index in [0.717, 1.165) is 6.07 Å². The van der Waals surface area contributed by atoms with Crippen molar-refractivity contribution in [1.29, 1.82) is 0 Å². The minimum Gasteiger partial charge on any atom is -0.478 e. The molecule has 0 unspecified atom stereocenters. The van der Waals surface area contributed by atoms with Gasteiger partial charge in [0.25, 0.3) is 0 Å². The summed E-state index contributed by atoms with van der Waals surface area (Å²) in [5.41, 5.74) is 1.27. The lowest BCUT2D eigenvalue weighted by Gasteiger charge is -2.08. The number of carbonyl (C=O) groups excluding carboxylic acids is 1. The summed E-state index contributed by atoms with van der Waals surface area (Å²) in [5, 5.41) is 11.8. The van der Waals surface area contributed by atoms with Crippen LogP contribution < -0.4 is 5.32 Å². The van der Waals surface area contributed by atoms with E-state index in [0.29, 0.717) is 16.9 Å². The number of hydrogen-bond acceptors (Lipinski definition) is 3. The van der Waals surface area contributed by atoms with Crippen molar-refractivity contribution >= 4 is 23.1 Å². The van der Waals surface area contributed by atoms with Crippen LogP contribution in [0.25, 0.3) is 0 Å². The molecule has 2 aromatic carbocycles. The molecule has 0 radical (unpaired) electrons. The Morgan fingerprint density at radius 1 is 1.05 bits per heavy atom. The van der Waals surface area contributed by atoms with E-state index in [1.165, 1.54) is 19.1 Å². The second-order valence-electron chi connectivity index (χ2n) is 4.30. The van der Waals surface area contributed by atoms with Gasteiger partial charge in [0.2, 0.25) is 0 Å². The number of nitrogens with one attached hydrogen (secondary N) is 1. The van der Waals surface area contributed by atoms with Gasteiger partial charge < -0.3 is 10.4 Å². The Bertz CT molecular complexity index is 683. The van der Waals surface area contributed by atoms with Crippen LogP contribution in [0.2, 0.25) is 0 Å². The van der Waals surface area contributed by atoms with E-state index in [2.05, 4.69) is 5.32 Å². The fraction of sp³-hybridized carbons (Fsp3) is 0.0667. The average Bonchev–Trinajstić information content (AvgIpc) is 2.38. The molecule has 2 N–H and O–H groups in total. The van der Waals surface area contributed by atoms with Gasteiger partial charge in [-0.05, 0) is 37.3 Å². The fourth-order valence-electron chi connectivity index (χ4n) is 1.77. The highest BCUT2D eigenvalue weighted by Gasteiger charge is 2.08. The maximum absolute atomic E-state index is 13.3. The molecule has 0 aliphatic rings. The minimum atomic E-state index is -1.20. The first-order valence-corrected chi connectivity index (χ1v) is 5.87. The second kappa shape index (κ2) is 5.52. The lowest BCUT2D eigenvalue weighted by atomic mass is 10.1. The first-order valence-electron chi connectivity index (χ1n) is 5.87.